The van der Waals surface area contributed by atoms with E-state index < -0.39 is 0 Å². The zero-order chi connectivity index (χ0) is 14.0. The number of nitrogen functional groups attached to an aromatic ring is 1. The lowest BCUT2D eigenvalue weighted by Crippen LogP contribution is -2.35. The summed E-state index contributed by atoms with van der Waals surface area (Å²) in [7, 11) is 0. The van der Waals surface area contributed by atoms with Gasteiger partial charge in [0.2, 0.25) is 0 Å². The van der Waals surface area contributed by atoms with Gasteiger partial charge in [-0.25, -0.2) is 0 Å². The molecule has 102 valence electrons. The highest BCUT2D eigenvalue weighted by atomic mass is 14.9. The van der Waals surface area contributed by atoms with E-state index in [1.165, 1.54) is 12.8 Å². The maximum atomic E-state index is 8.85. The number of hydrogen-bond acceptors (Lipinski definition) is 3. The van der Waals surface area contributed by atoms with Gasteiger partial charge in [0.25, 0.3) is 0 Å². The second-order valence-corrected chi connectivity index (χ2v) is 6.67. The lowest BCUT2D eigenvalue weighted by Gasteiger charge is -2.39. The minimum absolute atomic E-state index is 0.386. The SMILES string of the molecule is CC1CC(Nc2ccc(C#N)cc2N)CC(C)(C)C1. The van der Waals surface area contributed by atoms with Gasteiger partial charge in [-0.15, -0.1) is 0 Å². The Bertz CT molecular complexity index is 499. The second-order valence-electron chi connectivity index (χ2n) is 6.67. The van der Waals surface area contributed by atoms with Crippen LogP contribution in [0.5, 0.6) is 0 Å². The lowest BCUT2D eigenvalue weighted by atomic mass is 9.70. The summed E-state index contributed by atoms with van der Waals surface area (Å²) in [4.78, 5) is 0. The summed E-state index contributed by atoms with van der Waals surface area (Å²) in [6.07, 6.45) is 3.63. The first kappa shape index (κ1) is 13.7. The molecule has 2 rings (SSSR count). The molecule has 2 unspecified atom stereocenters. The van der Waals surface area contributed by atoms with Gasteiger partial charge in [-0.2, -0.15) is 5.26 Å². The number of hydrogen-bond donors (Lipinski definition) is 2. The van der Waals surface area contributed by atoms with Gasteiger partial charge in [-0.3, -0.25) is 0 Å². The zero-order valence-corrected chi connectivity index (χ0v) is 12.0. The molecule has 0 heterocycles. The molecular formula is C16H23N3. The molecule has 1 aliphatic rings. The van der Waals surface area contributed by atoms with E-state index >= 15 is 0 Å². The van der Waals surface area contributed by atoms with Crippen LogP contribution in [-0.2, 0) is 0 Å². The molecule has 0 saturated heterocycles. The summed E-state index contributed by atoms with van der Waals surface area (Å²) >= 11 is 0. The lowest BCUT2D eigenvalue weighted by molar-refractivity contribution is 0.178. The zero-order valence-electron chi connectivity index (χ0n) is 12.0. The van der Waals surface area contributed by atoms with Gasteiger partial charge in [0.1, 0.15) is 0 Å². The smallest absolute Gasteiger partial charge is 0.0992 e. The number of nitrogens with one attached hydrogen (secondary N) is 1. The third kappa shape index (κ3) is 3.41. The number of nitrogens with two attached hydrogens (primary N) is 1. The van der Waals surface area contributed by atoms with Crippen molar-refractivity contribution in [1.82, 2.24) is 0 Å². The van der Waals surface area contributed by atoms with Crippen molar-refractivity contribution in [3.05, 3.63) is 23.8 Å². The van der Waals surface area contributed by atoms with Crippen LogP contribution in [0.3, 0.4) is 0 Å². The van der Waals surface area contributed by atoms with Crippen molar-refractivity contribution < 1.29 is 0 Å². The predicted molar refractivity (Wildman–Crippen MR) is 79.8 cm³/mol. The Morgan fingerprint density at radius 3 is 2.68 bits per heavy atom. The highest BCUT2D eigenvalue weighted by Gasteiger charge is 2.32. The normalized spacial score (nSPS) is 25.6. The van der Waals surface area contributed by atoms with Crippen molar-refractivity contribution in [1.29, 1.82) is 5.26 Å². The molecular weight excluding hydrogens is 234 g/mol. The molecule has 3 N–H and O–H groups in total. The van der Waals surface area contributed by atoms with Crippen molar-refractivity contribution in [2.75, 3.05) is 11.1 Å². The fraction of sp³-hybridized carbons (Fsp3) is 0.562. The average Bonchev–Trinajstić information content (AvgIpc) is 2.29. The standard InChI is InChI=1S/C16H23N3/c1-11-6-13(9-16(2,3)8-11)19-15-5-4-12(10-17)7-14(15)18/h4-5,7,11,13,19H,6,8-9,18H2,1-3H3. The van der Waals surface area contributed by atoms with E-state index in [9.17, 15) is 0 Å². The number of anilines is 2. The molecule has 0 spiro atoms. The average molecular weight is 257 g/mol. The fourth-order valence-electron chi connectivity index (χ4n) is 3.44. The van der Waals surface area contributed by atoms with Gasteiger partial charge in [-0.05, 0) is 48.8 Å². The molecule has 3 nitrogen and oxygen atoms in total. The topological polar surface area (TPSA) is 61.8 Å². The van der Waals surface area contributed by atoms with Crippen LogP contribution in [0.25, 0.3) is 0 Å². The summed E-state index contributed by atoms with van der Waals surface area (Å²) in [5.74, 6) is 0.737. The van der Waals surface area contributed by atoms with Gasteiger partial charge < -0.3 is 11.1 Å². The molecule has 1 aliphatic carbocycles. The Hall–Kier alpha value is -1.69. The first-order valence-corrected chi connectivity index (χ1v) is 6.96. The number of nitrogens with zero attached hydrogens (tertiary/aromatic N) is 1. The van der Waals surface area contributed by atoms with E-state index in [0.29, 0.717) is 22.7 Å². The third-order valence-corrected chi connectivity index (χ3v) is 3.93. The summed E-state index contributed by atoms with van der Waals surface area (Å²) in [6, 6.07) is 8.05. The maximum absolute atomic E-state index is 8.85. The van der Waals surface area contributed by atoms with Crippen molar-refractivity contribution in [3.63, 3.8) is 0 Å². The Kier molecular flexibility index (Phi) is 3.71. The molecule has 0 bridgehead atoms. The largest absolute Gasteiger partial charge is 0.397 e. The van der Waals surface area contributed by atoms with Gasteiger partial charge in [0.15, 0.2) is 0 Å². The molecule has 0 amide bonds. The van der Waals surface area contributed by atoms with Crippen LogP contribution in [0.4, 0.5) is 11.4 Å². The molecule has 3 heteroatoms. The van der Waals surface area contributed by atoms with Gasteiger partial charge in [0, 0.05) is 6.04 Å². The number of benzene rings is 1. The van der Waals surface area contributed by atoms with E-state index in [1.807, 2.05) is 12.1 Å². The van der Waals surface area contributed by atoms with E-state index in [2.05, 4.69) is 32.2 Å². The molecule has 1 aromatic rings. The quantitative estimate of drug-likeness (QED) is 0.793. The van der Waals surface area contributed by atoms with Crippen LogP contribution in [0, 0.1) is 22.7 Å². The number of rotatable bonds is 2. The molecule has 19 heavy (non-hydrogen) atoms. The van der Waals surface area contributed by atoms with Crippen molar-refractivity contribution >= 4 is 11.4 Å². The fourth-order valence-corrected chi connectivity index (χ4v) is 3.44. The molecule has 1 fully saturated rings. The molecule has 0 aromatic heterocycles. The van der Waals surface area contributed by atoms with Crippen molar-refractivity contribution in [2.45, 2.75) is 46.1 Å². The first-order valence-electron chi connectivity index (χ1n) is 6.96. The second kappa shape index (κ2) is 5.13. The minimum Gasteiger partial charge on any atom is -0.397 e. The van der Waals surface area contributed by atoms with Gasteiger partial charge >= 0.3 is 0 Å². The van der Waals surface area contributed by atoms with Gasteiger partial charge in [-0.1, -0.05) is 20.8 Å². The monoisotopic (exact) mass is 257 g/mol. The summed E-state index contributed by atoms with van der Waals surface area (Å²) in [6.45, 7) is 6.98. The van der Waals surface area contributed by atoms with Crippen LogP contribution < -0.4 is 11.1 Å². The highest BCUT2D eigenvalue weighted by Crippen LogP contribution is 2.40. The van der Waals surface area contributed by atoms with Crippen molar-refractivity contribution in [2.24, 2.45) is 11.3 Å². The Balaban J connectivity index is 2.11. The molecule has 1 saturated carbocycles. The molecule has 1 aromatic carbocycles. The number of nitriles is 1. The Morgan fingerprint density at radius 1 is 1.37 bits per heavy atom. The summed E-state index contributed by atoms with van der Waals surface area (Å²) in [5.41, 5.74) is 8.61. The maximum Gasteiger partial charge on any atom is 0.0992 e. The van der Waals surface area contributed by atoms with Crippen LogP contribution in [0.2, 0.25) is 0 Å². The van der Waals surface area contributed by atoms with Crippen LogP contribution in [0.15, 0.2) is 18.2 Å². The van der Waals surface area contributed by atoms with E-state index in [0.717, 1.165) is 18.0 Å². The van der Waals surface area contributed by atoms with E-state index in [1.54, 1.807) is 6.07 Å². The van der Waals surface area contributed by atoms with E-state index in [-0.39, 0.29) is 0 Å². The molecule has 0 radical (unpaired) electrons. The van der Waals surface area contributed by atoms with Crippen molar-refractivity contribution in [3.8, 4) is 6.07 Å². The Labute approximate surface area is 115 Å². The van der Waals surface area contributed by atoms with E-state index in [4.69, 9.17) is 11.0 Å². The van der Waals surface area contributed by atoms with Gasteiger partial charge in [0.05, 0.1) is 23.0 Å². The minimum atomic E-state index is 0.386. The van der Waals surface area contributed by atoms with Crippen LogP contribution in [0.1, 0.15) is 45.6 Å². The third-order valence-electron chi connectivity index (χ3n) is 3.93. The van der Waals surface area contributed by atoms with Crippen LogP contribution in [-0.4, -0.2) is 6.04 Å². The Morgan fingerprint density at radius 2 is 2.11 bits per heavy atom. The summed E-state index contributed by atoms with van der Waals surface area (Å²) in [5, 5.41) is 12.4. The molecule has 0 aliphatic heterocycles. The summed E-state index contributed by atoms with van der Waals surface area (Å²) < 4.78 is 0. The van der Waals surface area contributed by atoms with Crippen LogP contribution >= 0.6 is 0 Å². The first-order chi connectivity index (χ1) is 8.89. The predicted octanol–water partition coefficient (Wildman–Crippen LogP) is 3.77. The molecule has 2 atom stereocenters. The highest BCUT2D eigenvalue weighted by molar-refractivity contribution is 5.68.